The van der Waals surface area contributed by atoms with E-state index in [0.717, 1.165) is 16.9 Å². The van der Waals surface area contributed by atoms with Crippen molar-refractivity contribution >= 4 is 37.5 Å². The number of piperazine rings is 1. The maximum Gasteiger partial charge on any atom is 0.308 e. The molecule has 2 heterocycles. The summed E-state index contributed by atoms with van der Waals surface area (Å²) in [5.74, 6) is 0.757. The van der Waals surface area contributed by atoms with Crippen molar-refractivity contribution in [3.8, 4) is 11.5 Å². The van der Waals surface area contributed by atoms with Gasteiger partial charge in [-0.25, -0.2) is 8.42 Å². The summed E-state index contributed by atoms with van der Waals surface area (Å²) in [4.78, 5) is 27.0. The zero-order chi connectivity index (χ0) is 24.6. The van der Waals surface area contributed by atoms with E-state index in [2.05, 4.69) is 0 Å². The van der Waals surface area contributed by atoms with E-state index < -0.39 is 10.0 Å². The third kappa shape index (κ3) is 4.30. The molecule has 0 aliphatic carbocycles. The number of nitrogens with zero attached hydrogens (tertiary/aromatic N) is 3. The van der Waals surface area contributed by atoms with E-state index in [1.54, 1.807) is 45.9 Å². The van der Waals surface area contributed by atoms with Crippen LogP contribution >= 0.6 is 11.3 Å². The molecule has 0 spiro atoms. The van der Waals surface area contributed by atoms with E-state index in [0.29, 0.717) is 21.8 Å². The van der Waals surface area contributed by atoms with E-state index in [9.17, 15) is 18.0 Å². The third-order valence-electron chi connectivity index (χ3n) is 5.90. The Bertz CT molecular complexity index is 1390. The standard InChI is InChI=1S/C23H27N3O6S2/c1-15(2)26-19-8-6-17(14-21(19)33-23(26)28)34(29,30)25-11-9-24(10-12-25)22(27)18-7-5-16(31-3)13-20(18)32-4/h5-8,13-15H,9-12H2,1-4H3. The van der Waals surface area contributed by atoms with Crippen LogP contribution in [-0.2, 0) is 10.0 Å². The number of thiazole rings is 1. The second kappa shape index (κ2) is 9.40. The molecule has 0 atom stereocenters. The lowest BCUT2D eigenvalue weighted by molar-refractivity contribution is 0.0694. The Hall–Kier alpha value is -2.89. The number of carbonyl (C=O) groups is 1. The molecular formula is C23H27N3O6S2. The molecular weight excluding hydrogens is 478 g/mol. The van der Waals surface area contributed by atoms with Crippen LogP contribution in [-0.4, -0.2) is 68.5 Å². The number of fused-ring (bicyclic) bond motifs is 1. The van der Waals surface area contributed by atoms with Gasteiger partial charge in [-0.05, 0) is 44.2 Å². The van der Waals surface area contributed by atoms with E-state index >= 15 is 0 Å². The quantitative estimate of drug-likeness (QED) is 0.511. The van der Waals surface area contributed by atoms with Crippen LogP contribution in [0.5, 0.6) is 11.5 Å². The van der Waals surface area contributed by atoms with Gasteiger partial charge in [-0.2, -0.15) is 4.31 Å². The van der Waals surface area contributed by atoms with Gasteiger partial charge in [0.25, 0.3) is 5.91 Å². The average molecular weight is 506 g/mol. The molecule has 9 nitrogen and oxygen atoms in total. The Labute approximate surface area is 202 Å². The minimum Gasteiger partial charge on any atom is -0.497 e. The first-order valence-corrected chi connectivity index (χ1v) is 13.1. The molecule has 0 unspecified atom stereocenters. The van der Waals surface area contributed by atoms with Crippen LogP contribution in [0.25, 0.3) is 10.2 Å². The fourth-order valence-corrected chi connectivity index (χ4v) is 6.67. The first kappa shape index (κ1) is 24.2. The zero-order valence-electron chi connectivity index (χ0n) is 19.5. The molecule has 0 saturated carbocycles. The second-order valence-electron chi connectivity index (χ2n) is 8.22. The van der Waals surface area contributed by atoms with Crippen molar-refractivity contribution in [2.45, 2.75) is 24.8 Å². The number of aromatic nitrogens is 1. The monoisotopic (exact) mass is 505 g/mol. The number of sulfonamides is 1. The maximum atomic E-state index is 13.3. The summed E-state index contributed by atoms with van der Waals surface area (Å²) in [6, 6.07) is 9.76. The Kier molecular flexibility index (Phi) is 6.70. The average Bonchev–Trinajstić information content (AvgIpc) is 3.18. The molecule has 2 aromatic carbocycles. The third-order valence-corrected chi connectivity index (χ3v) is 8.72. The second-order valence-corrected chi connectivity index (χ2v) is 11.2. The lowest BCUT2D eigenvalue weighted by Crippen LogP contribution is -2.50. The molecule has 1 fully saturated rings. The Balaban J connectivity index is 1.52. The molecule has 3 aromatic rings. The summed E-state index contributed by atoms with van der Waals surface area (Å²) >= 11 is 1.04. The van der Waals surface area contributed by atoms with Crippen LogP contribution in [0.1, 0.15) is 30.2 Å². The van der Waals surface area contributed by atoms with Gasteiger partial charge in [0.2, 0.25) is 10.0 Å². The van der Waals surface area contributed by atoms with Crippen molar-refractivity contribution in [3.63, 3.8) is 0 Å². The molecule has 11 heteroatoms. The highest BCUT2D eigenvalue weighted by molar-refractivity contribution is 7.89. The van der Waals surface area contributed by atoms with Crippen LogP contribution in [0.15, 0.2) is 46.1 Å². The van der Waals surface area contributed by atoms with E-state index in [-0.39, 0.29) is 47.9 Å². The van der Waals surface area contributed by atoms with Crippen LogP contribution in [0, 0.1) is 0 Å². The number of methoxy groups -OCH3 is 2. The molecule has 1 amide bonds. The molecule has 0 radical (unpaired) electrons. The molecule has 1 saturated heterocycles. The van der Waals surface area contributed by atoms with Gasteiger partial charge in [-0.3, -0.25) is 14.2 Å². The number of hydrogen-bond donors (Lipinski definition) is 0. The topological polar surface area (TPSA) is 98.2 Å². The molecule has 34 heavy (non-hydrogen) atoms. The van der Waals surface area contributed by atoms with Crippen LogP contribution in [0.3, 0.4) is 0 Å². The number of rotatable bonds is 6. The van der Waals surface area contributed by atoms with Gasteiger partial charge in [0.05, 0.1) is 34.9 Å². The van der Waals surface area contributed by atoms with Gasteiger partial charge in [-0.15, -0.1) is 0 Å². The summed E-state index contributed by atoms with van der Waals surface area (Å²) in [6.45, 7) is 4.70. The summed E-state index contributed by atoms with van der Waals surface area (Å²) in [7, 11) is -0.743. The molecule has 0 N–H and O–H groups in total. The minimum absolute atomic E-state index is 0.0151. The lowest BCUT2D eigenvalue weighted by Gasteiger charge is -2.34. The van der Waals surface area contributed by atoms with E-state index in [1.807, 2.05) is 13.8 Å². The summed E-state index contributed by atoms with van der Waals surface area (Å²) in [6.07, 6.45) is 0. The predicted molar refractivity (Wildman–Crippen MR) is 131 cm³/mol. The fourth-order valence-electron chi connectivity index (χ4n) is 4.09. The number of ether oxygens (including phenoxy) is 2. The number of carbonyl (C=O) groups excluding carboxylic acids is 1. The smallest absolute Gasteiger partial charge is 0.308 e. The van der Waals surface area contributed by atoms with Gasteiger partial charge in [0.1, 0.15) is 11.5 Å². The summed E-state index contributed by atoms with van der Waals surface area (Å²) < 4.78 is 40.8. The van der Waals surface area contributed by atoms with Crippen molar-refractivity contribution in [1.82, 2.24) is 13.8 Å². The highest BCUT2D eigenvalue weighted by Gasteiger charge is 2.31. The zero-order valence-corrected chi connectivity index (χ0v) is 21.1. The fraction of sp³-hybridized carbons (Fsp3) is 0.391. The Morgan fingerprint density at radius 1 is 1.00 bits per heavy atom. The number of amides is 1. The largest absolute Gasteiger partial charge is 0.497 e. The molecule has 1 aliphatic rings. The maximum absolute atomic E-state index is 13.3. The van der Waals surface area contributed by atoms with E-state index in [1.165, 1.54) is 18.5 Å². The number of hydrogen-bond acceptors (Lipinski definition) is 7. The Morgan fingerprint density at radius 3 is 2.32 bits per heavy atom. The highest BCUT2D eigenvalue weighted by atomic mass is 32.2. The van der Waals surface area contributed by atoms with Gasteiger partial charge >= 0.3 is 4.87 Å². The first-order chi connectivity index (χ1) is 16.2. The SMILES string of the molecule is COc1ccc(C(=O)N2CCN(S(=O)(=O)c3ccc4c(c3)sc(=O)n4C(C)C)CC2)c(OC)c1. The Morgan fingerprint density at radius 2 is 1.71 bits per heavy atom. The molecule has 1 aromatic heterocycles. The summed E-state index contributed by atoms with van der Waals surface area (Å²) in [5.41, 5.74) is 1.13. The van der Waals surface area contributed by atoms with Crippen molar-refractivity contribution in [1.29, 1.82) is 0 Å². The van der Waals surface area contributed by atoms with Crippen molar-refractivity contribution in [2.24, 2.45) is 0 Å². The van der Waals surface area contributed by atoms with Gasteiger partial charge < -0.3 is 14.4 Å². The highest BCUT2D eigenvalue weighted by Crippen LogP contribution is 2.28. The van der Waals surface area contributed by atoms with Crippen molar-refractivity contribution in [3.05, 3.63) is 51.6 Å². The lowest BCUT2D eigenvalue weighted by atomic mass is 10.1. The van der Waals surface area contributed by atoms with Crippen molar-refractivity contribution in [2.75, 3.05) is 40.4 Å². The van der Waals surface area contributed by atoms with Gasteiger partial charge in [-0.1, -0.05) is 11.3 Å². The van der Waals surface area contributed by atoms with Crippen LogP contribution < -0.4 is 14.3 Å². The van der Waals surface area contributed by atoms with Crippen LogP contribution in [0.4, 0.5) is 0 Å². The molecule has 4 rings (SSSR count). The normalized spacial score (nSPS) is 15.1. The van der Waals surface area contributed by atoms with Crippen molar-refractivity contribution < 1.29 is 22.7 Å². The first-order valence-electron chi connectivity index (χ1n) is 10.8. The molecule has 0 bridgehead atoms. The predicted octanol–water partition coefficient (Wildman–Crippen LogP) is 2.81. The van der Waals surface area contributed by atoms with E-state index in [4.69, 9.17) is 9.47 Å². The molecule has 182 valence electrons. The summed E-state index contributed by atoms with van der Waals surface area (Å²) in [5, 5.41) is 0. The van der Waals surface area contributed by atoms with Gasteiger partial charge in [0, 0.05) is 38.3 Å². The number of benzene rings is 2. The van der Waals surface area contributed by atoms with Gasteiger partial charge in [0.15, 0.2) is 0 Å². The minimum atomic E-state index is -3.76. The molecule has 1 aliphatic heterocycles. The van der Waals surface area contributed by atoms with Crippen LogP contribution in [0.2, 0.25) is 0 Å².